The number of fused-ring (bicyclic) bond motifs is 6. The summed E-state index contributed by atoms with van der Waals surface area (Å²) in [5, 5.41) is 14.8. The molecule has 0 fully saturated rings. The molecule has 152 valence electrons. The van der Waals surface area contributed by atoms with Gasteiger partial charge in [0, 0.05) is 0 Å². The van der Waals surface area contributed by atoms with E-state index in [0.717, 1.165) is 32.3 Å². The van der Waals surface area contributed by atoms with Crippen molar-refractivity contribution in [2.24, 2.45) is 0 Å². The number of rotatable bonds is 8. The van der Waals surface area contributed by atoms with E-state index in [1.165, 1.54) is 0 Å². The molecule has 0 heterocycles. The first-order valence-electron chi connectivity index (χ1n) is 9.48. The van der Waals surface area contributed by atoms with Crippen LogP contribution in [0.15, 0.2) is 36.4 Å². The van der Waals surface area contributed by atoms with Crippen molar-refractivity contribution in [3.63, 3.8) is 0 Å². The van der Waals surface area contributed by atoms with Gasteiger partial charge in [-0.05, 0) is 75.6 Å². The van der Waals surface area contributed by atoms with Crippen LogP contribution < -0.4 is 24.6 Å². The standard InChI is InChI=1S/C21H18O7.4Al/c1-2-27-20-7-14-12(5-18(20)25)10-3-16(23)17(24)4-11(10)15-8-21(28-9-22)19(26)6-13(14)15;;;;/h3-8,22-26H,2,9H2,1H3;;;;/q;4*+1/p-4. The molecule has 0 unspecified atom stereocenters. The molecular formula is C21H14Al4O7. The van der Waals surface area contributed by atoms with Crippen molar-refractivity contribution in [2.75, 3.05) is 13.4 Å². The SMILES string of the molecule is CCOc1cc2c(cc1[O][Al])c1cc([O][Al])c([O][Al])cc1c1cc(OCO)c([O][Al])cc21. The van der Waals surface area contributed by atoms with Gasteiger partial charge in [-0.2, -0.15) is 0 Å². The number of hydrogen-bond acceptors (Lipinski definition) is 7. The van der Waals surface area contributed by atoms with Crippen LogP contribution in [0.4, 0.5) is 0 Å². The Morgan fingerprint density at radius 1 is 0.531 bits per heavy atom. The van der Waals surface area contributed by atoms with Crippen LogP contribution in [-0.2, 0) is 0 Å². The molecular weight excluding hydrogens is 472 g/mol. The van der Waals surface area contributed by atoms with E-state index in [1.807, 2.05) is 43.3 Å². The lowest BCUT2D eigenvalue weighted by atomic mass is 9.93. The molecule has 8 radical (unpaired) electrons. The highest BCUT2D eigenvalue weighted by Crippen LogP contribution is 2.46. The smallest absolute Gasteiger partial charge is 0.482 e. The zero-order valence-corrected chi connectivity index (χ0v) is 21.7. The summed E-state index contributed by atoms with van der Waals surface area (Å²) in [6.07, 6.45) is 0. The van der Waals surface area contributed by atoms with E-state index in [4.69, 9.17) is 24.6 Å². The van der Waals surface area contributed by atoms with Crippen LogP contribution in [0, 0.1) is 0 Å². The first kappa shape index (κ1) is 23.7. The summed E-state index contributed by atoms with van der Waals surface area (Å²) in [6, 6.07) is 11.4. The molecule has 0 spiro atoms. The quantitative estimate of drug-likeness (QED) is 0.233. The van der Waals surface area contributed by atoms with E-state index in [-0.39, 0.29) is 0 Å². The van der Waals surface area contributed by atoms with E-state index in [0.29, 0.717) is 41.1 Å². The van der Waals surface area contributed by atoms with Crippen LogP contribution in [0.1, 0.15) is 6.92 Å². The minimum Gasteiger partial charge on any atom is -0.651 e. The van der Waals surface area contributed by atoms with Crippen molar-refractivity contribution in [1.29, 1.82) is 0 Å². The zero-order valence-electron chi connectivity index (χ0n) is 17.1. The molecule has 0 aliphatic carbocycles. The Kier molecular flexibility index (Phi) is 7.57. The van der Waals surface area contributed by atoms with Gasteiger partial charge in [-0.25, -0.2) is 0 Å². The van der Waals surface area contributed by atoms with Crippen molar-refractivity contribution < 1.29 is 29.7 Å². The minimum absolute atomic E-state index is 0.408. The van der Waals surface area contributed by atoms with Crippen molar-refractivity contribution in [3.8, 4) is 34.5 Å². The molecule has 32 heavy (non-hydrogen) atoms. The predicted octanol–water partition coefficient (Wildman–Crippen LogP) is 2.72. The fraction of sp³-hybridized carbons (Fsp3) is 0.143. The van der Waals surface area contributed by atoms with Crippen LogP contribution >= 0.6 is 0 Å². The Morgan fingerprint density at radius 3 is 1.09 bits per heavy atom. The molecule has 0 aliphatic heterocycles. The van der Waals surface area contributed by atoms with Gasteiger partial charge < -0.3 is 29.7 Å². The molecule has 0 aliphatic rings. The van der Waals surface area contributed by atoms with Gasteiger partial charge in [-0.3, -0.25) is 0 Å². The Hall–Kier alpha value is -1.45. The van der Waals surface area contributed by atoms with E-state index >= 15 is 0 Å². The Labute approximate surface area is 218 Å². The summed E-state index contributed by atoms with van der Waals surface area (Å²) in [6.45, 7) is 1.93. The molecule has 11 heteroatoms. The van der Waals surface area contributed by atoms with Gasteiger partial charge in [0.1, 0.15) is 23.0 Å². The Balaban J connectivity index is 2.25. The lowest BCUT2D eigenvalue weighted by Gasteiger charge is -2.20. The molecule has 7 nitrogen and oxygen atoms in total. The first-order chi connectivity index (χ1) is 15.6. The molecule has 4 aromatic rings. The van der Waals surface area contributed by atoms with Crippen molar-refractivity contribution in [2.45, 2.75) is 6.92 Å². The molecule has 4 rings (SSSR count). The van der Waals surface area contributed by atoms with Crippen molar-refractivity contribution in [1.82, 2.24) is 0 Å². The highest BCUT2D eigenvalue weighted by atomic mass is 27.1. The van der Waals surface area contributed by atoms with Crippen LogP contribution in [0.5, 0.6) is 34.5 Å². The number of hydrogen-bond donors (Lipinski definition) is 1. The van der Waals surface area contributed by atoms with Crippen LogP contribution in [0.25, 0.3) is 32.3 Å². The lowest BCUT2D eigenvalue weighted by molar-refractivity contribution is 0.0969. The Morgan fingerprint density at radius 2 is 0.812 bits per heavy atom. The number of aliphatic hydroxyl groups is 1. The summed E-state index contributed by atoms with van der Waals surface area (Å²) < 4.78 is 33.1. The molecule has 0 aromatic heterocycles. The molecule has 0 bridgehead atoms. The highest BCUT2D eigenvalue weighted by Gasteiger charge is 2.18. The monoisotopic (exact) mass is 486 g/mol. The predicted molar refractivity (Wildman–Crippen MR) is 123 cm³/mol. The molecule has 1 N–H and O–H groups in total. The molecule has 0 amide bonds. The van der Waals surface area contributed by atoms with Gasteiger partial charge >= 0.3 is 66.5 Å². The summed E-state index contributed by atoms with van der Waals surface area (Å²) in [7, 11) is 0. The van der Waals surface area contributed by atoms with E-state index in [2.05, 4.69) is 66.5 Å². The zero-order chi connectivity index (χ0) is 22.8. The summed E-state index contributed by atoms with van der Waals surface area (Å²) in [5.74, 6) is 3.18. The minimum atomic E-state index is -0.480. The van der Waals surface area contributed by atoms with Crippen molar-refractivity contribution in [3.05, 3.63) is 36.4 Å². The lowest BCUT2D eigenvalue weighted by Crippen LogP contribution is -2.00. The second-order valence-corrected chi connectivity index (χ2v) is 7.65. The fourth-order valence-corrected chi connectivity index (χ4v) is 4.57. The van der Waals surface area contributed by atoms with Crippen LogP contribution in [0.3, 0.4) is 0 Å². The summed E-state index contributed by atoms with van der Waals surface area (Å²) >= 11 is 8.96. The maximum Gasteiger partial charge on any atom is 0.482 e. The molecule has 0 saturated heterocycles. The topological polar surface area (TPSA) is 75.6 Å². The third-order valence-electron chi connectivity index (χ3n) is 5.15. The van der Waals surface area contributed by atoms with Gasteiger partial charge in [0.2, 0.25) is 0 Å². The second-order valence-electron chi connectivity index (χ2n) is 6.71. The van der Waals surface area contributed by atoms with Gasteiger partial charge in [0.05, 0.1) is 6.61 Å². The van der Waals surface area contributed by atoms with E-state index in [9.17, 15) is 5.11 Å². The van der Waals surface area contributed by atoms with Gasteiger partial charge in [-0.1, -0.05) is 0 Å². The van der Waals surface area contributed by atoms with Crippen molar-refractivity contribution >= 4 is 98.8 Å². The maximum absolute atomic E-state index is 9.34. The third-order valence-corrected chi connectivity index (χ3v) is 6.17. The highest BCUT2D eigenvalue weighted by molar-refractivity contribution is 6.27. The number of benzene rings is 4. The summed E-state index contributed by atoms with van der Waals surface area (Å²) in [5.41, 5.74) is 0. The van der Waals surface area contributed by atoms with Gasteiger partial charge in [0.15, 0.2) is 18.3 Å². The fourth-order valence-electron chi connectivity index (χ4n) is 3.84. The van der Waals surface area contributed by atoms with E-state index < -0.39 is 6.79 Å². The second kappa shape index (κ2) is 10.2. The average Bonchev–Trinajstić information content (AvgIpc) is 2.83. The molecule has 0 atom stereocenters. The number of aliphatic hydroxyl groups excluding tert-OH is 1. The average molecular weight is 486 g/mol. The Bertz CT molecular complexity index is 1270. The van der Waals surface area contributed by atoms with Crippen LogP contribution in [-0.4, -0.2) is 85.0 Å². The van der Waals surface area contributed by atoms with E-state index in [1.54, 1.807) is 0 Å². The normalized spacial score (nSPS) is 10.9. The largest absolute Gasteiger partial charge is 0.651 e. The first-order valence-corrected chi connectivity index (χ1v) is 11.4. The van der Waals surface area contributed by atoms with Gasteiger partial charge in [0.25, 0.3) is 0 Å². The van der Waals surface area contributed by atoms with Gasteiger partial charge in [-0.15, -0.1) is 0 Å². The summed E-state index contributed by atoms with van der Waals surface area (Å²) in [4.78, 5) is 0. The molecule has 0 saturated carbocycles. The molecule has 4 aromatic carbocycles. The third kappa shape index (κ3) is 4.12. The maximum atomic E-state index is 9.34. The van der Waals surface area contributed by atoms with Crippen LogP contribution in [0.2, 0.25) is 0 Å². The number of ether oxygens (including phenoxy) is 2.